The van der Waals surface area contributed by atoms with Crippen LogP contribution in [0.3, 0.4) is 0 Å². The Balaban J connectivity index is 2.10. The molecule has 8 nitrogen and oxygen atoms in total. The first-order valence-corrected chi connectivity index (χ1v) is 9.43. The Hall–Kier alpha value is -3.66. The van der Waals surface area contributed by atoms with Crippen LogP contribution in [0.5, 0.6) is 0 Å². The number of carbonyl (C=O) groups is 1. The third kappa shape index (κ3) is 5.10. The van der Waals surface area contributed by atoms with Crippen LogP contribution in [0.25, 0.3) is 5.69 Å². The maximum absolute atomic E-state index is 14.3. The minimum Gasteiger partial charge on any atom is -0.385 e. The summed E-state index contributed by atoms with van der Waals surface area (Å²) in [7, 11) is 1.52. The third-order valence-corrected chi connectivity index (χ3v) is 4.42. The normalized spacial score (nSPS) is 10.8. The van der Waals surface area contributed by atoms with Crippen molar-refractivity contribution >= 4 is 5.91 Å². The molecule has 0 spiro atoms. The van der Waals surface area contributed by atoms with E-state index in [1.165, 1.54) is 49.6 Å². The largest absolute Gasteiger partial charge is 0.385 e. The van der Waals surface area contributed by atoms with Gasteiger partial charge in [0.15, 0.2) is 0 Å². The number of aromatic nitrogens is 3. The molecular formula is C21H20F2N4O4. The summed E-state index contributed by atoms with van der Waals surface area (Å²) in [4.78, 5) is 38.4. The molecule has 3 rings (SSSR count). The van der Waals surface area contributed by atoms with Gasteiger partial charge in [-0.15, -0.1) is 0 Å². The van der Waals surface area contributed by atoms with Gasteiger partial charge in [-0.05, 0) is 36.2 Å². The van der Waals surface area contributed by atoms with Crippen LogP contribution >= 0.6 is 0 Å². The highest BCUT2D eigenvalue weighted by Crippen LogP contribution is 2.09. The molecule has 1 heterocycles. The van der Waals surface area contributed by atoms with E-state index in [1.807, 2.05) is 0 Å². The monoisotopic (exact) mass is 430 g/mol. The molecule has 1 N–H and O–H groups in total. The fourth-order valence-corrected chi connectivity index (χ4v) is 2.85. The lowest BCUT2D eigenvalue weighted by molar-refractivity contribution is 0.0938. The van der Waals surface area contributed by atoms with E-state index in [2.05, 4.69) is 10.4 Å². The Bertz CT molecular complexity index is 1190. The molecule has 0 atom stereocenters. The quantitative estimate of drug-likeness (QED) is 0.547. The summed E-state index contributed by atoms with van der Waals surface area (Å²) in [5, 5.41) is 6.38. The molecule has 2 aromatic carbocycles. The van der Waals surface area contributed by atoms with Crippen LogP contribution in [-0.4, -0.2) is 40.5 Å². The van der Waals surface area contributed by atoms with Gasteiger partial charge in [-0.25, -0.2) is 13.6 Å². The second-order valence-electron chi connectivity index (χ2n) is 6.61. The van der Waals surface area contributed by atoms with Crippen molar-refractivity contribution in [2.75, 3.05) is 20.3 Å². The first-order chi connectivity index (χ1) is 14.9. The van der Waals surface area contributed by atoms with E-state index in [1.54, 1.807) is 0 Å². The summed E-state index contributed by atoms with van der Waals surface area (Å²) in [6.45, 7) is 0.362. The summed E-state index contributed by atoms with van der Waals surface area (Å²) >= 11 is 0. The molecule has 162 valence electrons. The molecule has 0 aliphatic carbocycles. The van der Waals surface area contributed by atoms with Gasteiger partial charge < -0.3 is 10.1 Å². The molecule has 0 radical (unpaired) electrons. The van der Waals surface area contributed by atoms with Crippen LogP contribution in [0.2, 0.25) is 0 Å². The standard InChI is InChI=1S/C21H20F2N4O4/c1-31-12-4-11-24-19(28)18-20(29)26(13-14-7-9-15(22)10-8-14)21(30)27(25-18)17-6-3-2-5-16(17)23/h2-3,5-10H,4,11-13H2,1H3,(H,24,28). The van der Waals surface area contributed by atoms with Crippen LogP contribution in [0.4, 0.5) is 8.78 Å². The molecule has 0 unspecified atom stereocenters. The Morgan fingerprint density at radius 2 is 1.81 bits per heavy atom. The number of rotatable bonds is 8. The van der Waals surface area contributed by atoms with Crippen molar-refractivity contribution in [1.29, 1.82) is 0 Å². The molecule has 31 heavy (non-hydrogen) atoms. The van der Waals surface area contributed by atoms with Gasteiger partial charge in [-0.2, -0.15) is 9.78 Å². The van der Waals surface area contributed by atoms with Gasteiger partial charge in [0, 0.05) is 20.3 Å². The number of halogens is 2. The Kier molecular flexibility index (Phi) is 7.03. The highest BCUT2D eigenvalue weighted by molar-refractivity contribution is 5.91. The molecule has 0 fully saturated rings. The number of carbonyl (C=O) groups excluding carboxylic acids is 1. The zero-order valence-corrected chi connectivity index (χ0v) is 16.7. The van der Waals surface area contributed by atoms with Crippen LogP contribution in [0.15, 0.2) is 58.1 Å². The molecule has 0 bridgehead atoms. The van der Waals surface area contributed by atoms with Crippen molar-refractivity contribution < 1.29 is 18.3 Å². The third-order valence-electron chi connectivity index (χ3n) is 4.42. The highest BCUT2D eigenvalue weighted by Gasteiger charge is 2.21. The number of methoxy groups -OCH3 is 1. The number of nitrogens with zero attached hydrogens (tertiary/aromatic N) is 3. The highest BCUT2D eigenvalue weighted by atomic mass is 19.1. The minimum absolute atomic E-state index is 0.213. The first kappa shape index (κ1) is 22.0. The van der Waals surface area contributed by atoms with Gasteiger partial charge in [-0.3, -0.25) is 14.2 Å². The summed E-state index contributed by atoms with van der Waals surface area (Å²) in [5.74, 6) is -2.04. The number of para-hydroxylation sites is 1. The summed E-state index contributed by atoms with van der Waals surface area (Å²) in [6, 6.07) is 10.5. The van der Waals surface area contributed by atoms with Crippen LogP contribution in [0.1, 0.15) is 22.5 Å². The van der Waals surface area contributed by atoms with Gasteiger partial charge in [0.25, 0.3) is 11.5 Å². The molecule has 10 heteroatoms. The van der Waals surface area contributed by atoms with E-state index >= 15 is 0 Å². The van der Waals surface area contributed by atoms with Crippen molar-refractivity contribution in [1.82, 2.24) is 19.7 Å². The van der Waals surface area contributed by atoms with Gasteiger partial charge in [0.1, 0.15) is 17.3 Å². The lowest BCUT2D eigenvalue weighted by atomic mass is 10.2. The number of amides is 1. The van der Waals surface area contributed by atoms with E-state index in [9.17, 15) is 23.2 Å². The summed E-state index contributed by atoms with van der Waals surface area (Å²) in [5.41, 5.74) is -2.21. The van der Waals surface area contributed by atoms with Gasteiger partial charge in [0.05, 0.1) is 6.54 Å². The van der Waals surface area contributed by atoms with Crippen molar-refractivity contribution in [2.24, 2.45) is 0 Å². The van der Waals surface area contributed by atoms with Crippen LogP contribution in [0, 0.1) is 11.6 Å². The topological polar surface area (TPSA) is 95.2 Å². The Morgan fingerprint density at radius 3 is 2.48 bits per heavy atom. The second kappa shape index (κ2) is 9.90. The minimum atomic E-state index is -0.939. The number of hydrogen-bond donors (Lipinski definition) is 1. The molecule has 1 aromatic heterocycles. The fourth-order valence-electron chi connectivity index (χ4n) is 2.85. The summed E-state index contributed by atoms with van der Waals surface area (Å²) in [6.07, 6.45) is 0.499. The van der Waals surface area contributed by atoms with E-state index in [0.29, 0.717) is 23.3 Å². The smallest absolute Gasteiger partial charge is 0.352 e. The van der Waals surface area contributed by atoms with Crippen molar-refractivity contribution in [3.8, 4) is 5.69 Å². The summed E-state index contributed by atoms with van der Waals surface area (Å²) < 4.78 is 33.9. The van der Waals surface area contributed by atoms with E-state index in [0.717, 1.165) is 10.6 Å². The second-order valence-corrected chi connectivity index (χ2v) is 6.61. The lowest BCUT2D eigenvalue weighted by Crippen LogP contribution is -2.46. The predicted octanol–water partition coefficient (Wildman–Crippen LogP) is 1.49. The molecule has 1 amide bonds. The van der Waals surface area contributed by atoms with Gasteiger partial charge >= 0.3 is 5.69 Å². The van der Waals surface area contributed by atoms with Crippen molar-refractivity contribution in [3.63, 3.8) is 0 Å². The maximum Gasteiger partial charge on any atom is 0.352 e. The van der Waals surface area contributed by atoms with E-state index in [4.69, 9.17) is 4.74 Å². The maximum atomic E-state index is 14.3. The van der Waals surface area contributed by atoms with E-state index < -0.39 is 34.5 Å². The van der Waals surface area contributed by atoms with E-state index in [-0.39, 0.29) is 18.8 Å². The predicted molar refractivity (Wildman–Crippen MR) is 108 cm³/mol. The Labute approximate surface area is 175 Å². The molecule has 0 aliphatic rings. The molecule has 0 aliphatic heterocycles. The van der Waals surface area contributed by atoms with Crippen LogP contribution in [-0.2, 0) is 11.3 Å². The van der Waals surface area contributed by atoms with Crippen molar-refractivity contribution in [3.05, 3.63) is 92.3 Å². The molecule has 0 saturated carbocycles. The Morgan fingerprint density at radius 1 is 1.10 bits per heavy atom. The number of hydrogen-bond acceptors (Lipinski definition) is 5. The first-order valence-electron chi connectivity index (χ1n) is 9.43. The zero-order valence-electron chi connectivity index (χ0n) is 16.7. The molecular weight excluding hydrogens is 410 g/mol. The average Bonchev–Trinajstić information content (AvgIpc) is 2.76. The average molecular weight is 430 g/mol. The van der Waals surface area contributed by atoms with Gasteiger partial charge in [0.2, 0.25) is 5.69 Å². The fraction of sp³-hybridized carbons (Fsp3) is 0.238. The molecule has 0 saturated heterocycles. The van der Waals surface area contributed by atoms with Crippen LogP contribution < -0.4 is 16.6 Å². The van der Waals surface area contributed by atoms with Crippen molar-refractivity contribution in [2.45, 2.75) is 13.0 Å². The zero-order chi connectivity index (χ0) is 22.4. The number of nitrogens with one attached hydrogen (secondary N) is 1. The lowest BCUT2D eigenvalue weighted by Gasteiger charge is -2.13. The SMILES string of the molecule is COCCCNC(=O)c1nn(-c2ccccc2F)c(=O)n(Cc2ccc(F)cc2)c1=O. The molecule has 3 aromatic rings. The van der Waals surface area contributed by atoms with Gasteiger partial charge in [-0.1, -0.05) is 24.3 Å². The number of benzene rings is 2. The number of ether oxygens (including phenoxy) is 1.